The van der Waals surface area contributed by atoms with Crippen LogP contribution >= 0.6 is 0 Å². The molecule has 1 heterocycles. The molecule has 5 nitrogen and oxygen atoms in total. The van der Waals surface area contributed by atoms with Crippen molar-refractivity contribution in [3.05, 3.63) is 29.1 Å². The van der Waals surface area contributed by atoms with Crippen molar-refractivity contribution in [2.75, 3.05) is 6.61 Å². The van der Waals surface area contributed by atoms with Crippen LogP contribution < -0.4 is 0 Å². The predicted molar refractivity (Wildman–Crippen MR) is 68.9 cm³/mol. The first-order chi connectivity index (χ1) is 9.04. The van der Waals surface area contributed by atoms with E-state index < -0.39 is 11.8 Å². The molecule has 0 aliphatic rings. The first-order valence-corrected chi connectivity index (χ1v) is 5.88. The fourth-order valence-corrected chi connectivity index (χ4v) is 1.92. The van der Waals surface area contributed by atoms with Crippen LogP contribution in [0.1, 0.15) is 18.1 Å². The van der Waals surface area contributed by atoms with Crippen LogP contribution in [-0.4, -0.2) is 27.6 Å². The van der Waals surface area contributed by atoms with Gasteiger partial charge >= 0.3 is 5.97 Å². The van der Waals surface area contributed by atoms with Gasteiger partial charge in [-0.2, -0.15) is 0 Å². The van der Waals surface area contributed by atoms with E-state index in [9.17, 15) is 9.18 Å². The molecule has 0 amide bonds. The summed E-state index contributed by atoms with van der Waals surface area (Å²) in [6.45, 7) is 3.84. The quantitative estimate of drug-likeness (QED) is 0.627. The lowest BCUT2D eigenvalue weighted by molar-refractivity contribution is -0.137. The van der Waals surface area contributed by atoms with Gasteiger partial charge in [0.15, 0.2) is 5.82 Å². The number of ether oxygens (including phenoxy) is 1. The summed E-state index contributed by atoms with van der Waals surface area (Å²) < 4.78 is 20.4. The van der Waals surface area contributed by atoms with E-state index in [0.717, 1.165) is 5.56 Å². The van der Waals surface area contributed by atoms with E-state index in [2.05, 4.69) is 10.3 Å². The molecule has 0 saturated carbocycles. The molecule has 0 fully saturated rings. The van der Waals surface area contributed by atoms with Crippen molar-refractivity contribution in [2.45, 2.75) is 13.8 Å². The maximum absolute atomic E-state index is 14.2. The Morgan fingerprint density at radius 3 is 3.00 bits per heavy atom. The highest BCUT2D eigenvalue weighted by Gasteiger charge is 2.13. The molecule has 0 atom stereocenters. The molecule has 0 saturated heterocycles. The number of nitrogens with zero attached hydrogens (tertiary/aromatic N) is 3. The van der Waals surface area contributed by atoms with E-state index in [-0.39, 0.29) is 12.1 Å². The smallest absolute Gasteiger partial charge is 0.330 e. The Hall–Kier alpha value is -2.24. The van der Waals surface area contributed by atoms with E-state index in [4.69, 9.17) is 4.74 Å². The molecule has 0 aliphatic heterocycles. The Bertz CT molecular complexity index is 661. The molecule has 0 spiro atoms. The SMILES string of the molecule is CCOC(=O)/C=C/c1cc(C)c2c(nnn2C)c1F. The van der Waals surface area contributed by atoms with Crippen molar-refractivity contribution in [3.63, 3.8) is 0 Å². The topological polar surface area (TPSA) is 57.0 Å². The second kappa shape index (κ2) is 5.17. The Morgan fingerprint density at radius 1 is 1.58 bits per heavy atom. The second-order valence-corrected chi connectivity index (χ2v) is 4.09. The summed E-state index contributed by atoms with van der Waals surface area (Å²) in [7, 11) is 1.70. The van der Waals surface area contributed by atoms with E-state index >= 15 is 0 Å². The van der Waals surface area contributed by atoms with Gasteiger partial charge in [0.2, 0.25) is 0 Å². The molecular weight excluding hydrogens is 249 g/mol. The fourth-order valence-electron chi connectivity index (χ4n) is 1.92. The highest BCUT2D eigenvalue weighted by Crippen LogP contribution is 2.23. The third kappa shape index (κ3) is 2.47. The largest absolute Gasteiger partial charge is 0.463 e. The van der Waals surface area contributed by atoms with E-state index in [1.807, 2.05) is 6.92 Å². The van der Waals surface area contributed by atoms with Gasteiger partial charge in [-0.25, -0.2) is 13.9 Å². The Balaban J connectivity index is 2.45. The highest BCUT2D eigenvalue weighted by atomic mass is 19.1. The molecule has 1 aromatic carbocycles. The molecule has 0 N–H and O–H groups in total. The number of benzene rings is 1. The van der Waals surface area contributed by atoms with Crippen LogP contribution in [0.25, 0.3) is 17.1 Å². The first-order valence-electron chi connectivity index (χ1n) is 5.88. The zero-order valence-electron chi connectivity index (χ0n) is 11.0. The number of carbonyl (C=O) groups excluding carboxylic acids is 1. The Morgan fingerprint density at radius 2 is 2.32 bits per heavy atom. The number of carbonyl (C=O) groups is 1. The summed E-state index contributed by atoms with van der Waals surface area (Å²) in [5.74, 6) is -0.993. The molecule has 19 heavy (non-hydrogen) atoms. The normalized spacial score (nSPS) is 11.4. The number of aryl methyl sites for hydroxylation is 2. The molecule has 100 valence electrons. The van der Waals surface area contributed by atoms with Gasteiger partial charge in [0, 0.05) is 18.7 Å². The summed E-state index contributed by atoms with van der Waals surface area (Å²) in [6, 6.07) is 1.65. The summed E-state index contributed by atoms with van der Waals surface area (Å²) in [5, 5.41) is 7.58. The summed E-state index contributed by atoms with van der Waals surface area (Å²) in [5.41, 5.74) is 1.97. The van der Waals surface area contributed by atoms with Gasteiger partial charge in [-0.3, -0.25) is 0 Å². The molecule has 1 aromatic heterocycles. The number of esters is 1. The lowest BCUT2D eigenvalue weighted by Gasteiger charge is -2.03. The van der Waals surface area contributed by atoms with Crippen molar-refractivity contribution >= 4 is 23.1 Å². The Labute approximate surface area is 109 Å². The molecule has 2 aromatic rings. The summed E-state index contributed by atoms with van der Waals surface area (Å²) in [4.78, 5) is 11.2. The summed E-state index contributed by atoms with van der Waals surface area (Å²) >= 11 is 0. The van der Waals surface area contributed by atoms with Crippen LogP contribution in [0.3, 0.4) is 0 Å². The molecule has 0 radical (unpaired) electrons. The van der Waals surface area contributed by atoms with Crippen LogP contribution in [0.5, 0.6) is 0 Å². The van der Waals surface area contributed by atoms with Crippen LogP contribution in [0, 0.1) is 12.7 Å². The Kier molecular flexibility index (Phi) is 3.59. The molecule has 0 aliphatic carbocycles. The third-order valence-corrected chi connectivity index (χ3v) is 2.72. The number of fused-ring (bicyclic) bond motifs is 1. The maximum Gasteiger partial charge on any atom is 0.330 e. The second-order valence-electron chi connectivity index (χ2n) is 4.09. The van der Waals surface area contributed by atoms with Crippen LogP contribution in [0.15, 0.2) is 12.1 Å². The predicted octanol–water partition coefficient (Wildman–Crippen LogP) is 1.99. The van der Waals surface area contributed by atoms with E-state index in [1.165, 1.54) is 16.8 Å². The lowest BCUT2D eigenvalue weighted by atomic mass is 10.1. The first kappa shape index (κ1) is 13.2. The van der Waals surface area contributed by atoms with Crippen molar-refractivity contribution in [1.29, 1.82) is 0 Å². The highest BCUT2D eigenvalue weighted by molar-refractivity contribution is 5.89. The maximum atomic E-state index is 14.2. The van der Waals surface area contributed by atoms with Crippen molar-refractivity contribution < 1.29 is 13.9 Å². The number of rotatable bonds is 3. The van der Waals surface area contributed by atoms with Gasteiger partial charge < -0.3 is 4.74 Å². The van der Waals surface area contributed by atoms with E-state index in [1.54, 1.807) is 20.0 Å². The molecule has 0 bridgehead atoms. The molecular formula is C13H14FN3O2. The van der Waals surface area contributed by atoms with Gasteiger partial charge in [-0.05, 0) is 31.6 Å². The number of hydrogen-bond donors (Lipinski definition) is 0. The number of halogens is 1. The average molecular weight is 263 g/mol. The van der Waals surface area contributed by atoms with Gasteiger partial charge in [-0.1, -0.05) is 5.21 Å². The molecule has 0 unspecified atom stereocenters. The van der Waals surface area contributed by atoms with Gasteiger partial charge in [0.25, 0.3) is 0 Å². The van der Waals surface area contributed by atoms with Crippen molar-refractivity contribution in [2.24, 2.45) is 7.05 Å². The van der Waals surface area contributed by atoms with Crippen molar-refractivity contribution in [1.82, 2.24) is 15.0 Å². The van der Waals surface area contributed by atoms with Gasteiger partial charge in [0.1, 0.15) is 5.52 Å². The van der Waals surface area contributed by atoms with E-state index in [0.29, 0.717) is 11.1 Å². The minimum absolute atomic E-state index is 0.200. The fraction of sp³-hybridized carbons (Fsp3) is 0.308. The van der Waals surface area contributed by atoms with Crippen molar-refractivity contribution in [3.8, 4) is 0 Å². The average Bonchev–Trinajstić information content (AvgIpc) is 2.75. The van der Waals surface area contributed by atoms with Gasteiger partial charge in [0.05, 0.1) is 12.1 Å². The minimum atomic E-state index is -0.501. The number of hydrogen-bond acceptors (Lipinski definition) is 4. The zero-order chi connectivity index (χ0) is 14.0. The number of aromatic nitrogens is 3. The molecule has 6 heteroatoms. The standard InChI is InChI=1S/C13H14FN3O2/c1-4-19-10(18)6-5-9-7-8(2)13-12(11(9)14)15-16-17(13)3/h5-7H,4H2,1-3H3/b6-5+. The van der Waals surface area contributed by atoms with Crippen LogP contribution in [0.4, 0.5) is 4.39 Å². The molecule has 2 rings (SSSR count). The van der Waals surface area contributed by atoms with Crippen LogP contribution in [0.2, 0.25) is 0 Å². The van der Waals surface area contributed by atoms with Crippen LogP contribution in [-0.2, 0) is 16.6 Å². The summed E-state index contributed by atoms with van der Waals surface area (Å²) in [6.07, 6.45) is 2.58. The zero-order valence-corrected chi connectivity index (χ0v) is 11.0. The third-order valence-electron chi connectivity index (χ3n) is 2.72. The minimum Gasteiger partial charge on any atom is -0.463 e. The monoisotopic (exact) mass is 263 g/mol. The van der Waals surface area contributed by atoms with Gasteiger partial charge in [-0.15, -0.1) is 5.10 Å². The lowest BCUT2D eigenvalue weighted by Crippen LogP contribution is -1.99.